The van der Waals surface area contributed by atoms with Gasteiger partial charge in [0, 0.05) is 6.07 Å². The van der Waals surface area contributed by atoms with Gasteiger partial charge < -0.3 is 19.3 Å². The predicted molar refractivity (Wildman–Crippen MR) is 133 cm³/mol. The molecule has 7 heteroatoms. The molecule has 1 unspecified atom stereocenters. The average molecular weight is 474 g/mol. The van der Waals surface area contributed by atoms with Gasteiger partial charge in [-0.25, -0.2) is 0 Å². The smallest absolute Gasteiger partial charge is 0.300 e. The predicted octanol–water partition coefficient (Wildman–Crippen LogP) is 5.12. The third-order valence-electron chi connectivity index (χ3n) is 5.72. The van der Waals surface area contributed by atoms with E-state index in [1.165, 1.54) is 12.0 Å². The first kappa shape index (κ1) is 23.9. The van der Waals surface area contributed by atoms with Crippen molar-refractivity contribution in [3.8, 4) is 17.2 Å². The van der Waals surface area contributed by atoms with Crippen molar-refractivity contribution in [3.63, 3.8) is 0 Å². The summed E-state index contributed by atoms with van der Waals surface area (Å²) in [5, 5.41) is 11.5. The van der Waals surface area contributed by atoms with Gasteiger partial charge >= 0.3 is 0 Å². The molecule has 1 N–H and O–H groups in total. The third-order valence-corrected chi connectivity index (χ3v) is 5.72. The Morgan fingerprint density at radius 3 is 2.26 bits per heavy atom. The summed E-state index contributed by atoms with van der Waals surface area (Å²) in [6, 6.07) is 20.2. The number of aliphatic hydroxyl groups is 1. The van der Waals surface area contributed by atoms with Crippen LogP contribution in [0.3, 0.4) is 0 Å². The number of ketones is 1. The van der Waals surface area contributed by atoms with Gasteiger partial charge in [-0.15, -0.1) is 0 Å². The van der Waals surface area contributed by atoms with Crippen molar-refractivity contribution in [2.45, 2.75) is 19.9 Å². The summed E-state index contributed by atoms with van der Waals surface area (Å²) in [5.74, 6) is -0.507. The van der Waals surface area contributed by atoms with E-state index >= 15 is 0 Å². The molecule has 4 rings (SSSR count). The van der Waals surface area contributed by atoms with E-state index in [4.69, 9.17) is 14.2 Å². The van der Waals surface area contributed by atoms with Crippen molar-refractivity contribution >= 4 is 23.1 Å². The molecule has 1 aliphatic rings. The molecule has 1 amide bonds. The number of rotatable bonds is 8. The summed E-state index contributed by atoms with van der Waals surface area (Å²) >= 11 is 0. The summed E-state index contributed by atoms with van der Waals surface area (Å²) in [7, 11) is 1.50. The Balaban J connectivity index is 1.95. The van der Waals surface area contributed by atoms with Crippen LogP contribution in [0.4, 0.5) is 5.69 Å². The molecule has 1 fully saturated rings. The van der Waals surface area contributed by atoms with E-state index < -0.39 is 17.7 Å². The van der Waals surface area contributed by atoms with Crippen molar-refractivity contribution in [2.75, 3.05) is 25.2 Å². The van der Waals surface area contributed by atoms with Gasteiger partial charge in [0.1, 0.15) is 23.0 Å². The molecule has 35 heavy (non-hydrogen) atoms. The Hall–Kier alpha value is -4.26. The van der Waals surface area contributed by atoms with Gasteiger partial charge in [0.15, 0.2) is 0 Å². The number of hydrogen-bond donors (Lipinski definition) is 1. The van der Waals surface area contributed by atoms with Crippen molar-refractivity contribution < 1.29 is 28.9 Å². The molecule has 1 atom stereocenters. The first-order valence-electron chi connectivity index (χ1n) is 11.4. The van der Waals surface area contributed by atoms with Gasteiger partial charge in [0.2, 0.25) is 0 Å². The first-order valence-corrected chi connectivity index (χ1v) is 11.4. The van der Waals surface area contributed by atoms with Crippen LogP contribution in [-0.2, 0) is 9.59 Å². The standard InChI is InChI=1S/C28H27NO6/c1-4-34-19-15-16-20(23(17-19)35-5-2)26(30)24-25(18-11-7-6-8-12-18)29(28(32)27(24)31)21-13-9-10-14-22(21)33-3/h6-17,25,30H,4-5H2,1-3H3/b26-24-. The monoisotopic (exact) mass is 473 g/mol. The van der Waals surface area contributed by atoms with Crippen LogP contribution in [0.5, 0.6) is 17.2 Å². The number of methoxy groups -OCH3 is 1. The summed E-state index contributed by atoms with van der Waals surface area (Å²) in [4.78, 5) is 28.2. The fraction of sp³-hybridized carbons (Fsp3) is 0.214. The second-order valence-electron chi connectivity index (χ2n) is 7.78. The molecular weight excluding hydrogens is 446 g/mol. The molecule has 0 aliphatic carbocycles. The number of hydrogen-bond acceptors (Lipinski definition) is 6. The zero-order chi connectivity index (χ0) is 24.9. The normalized spacial score (nSPS) is 16.9. The highest BCUT2D eigenvalue weighted by Gasteiger charge is 2.48. The lowest BCUT2D eigenvalue weighted by atomic mass is 9.94. The Morgan fingerprint density at radius 2 is 1.57 bits per heavy atom. The number of Topliss-reactive ketones (excluding diaryl/α,β-unsaturated/α-hetero) is 1. The molecule has 3 aromatic carbocycles. The molecule has 0 bridgehead atoms. The van der Waals surface area contributed by atoms with Gasteiger partial charge in [-0.2, -0.15) is 0 Å². The highest BCUT2D eigenvalue weighted by molar-refractivity contribution is 6.52. The Bertz CT molecular complexity index is 1270. The van der Waals surface area contributed by atoms with Crippen LogP contribution in [0.1, 0.15) is 31.0 Å². The average Bonchev–Trinajstić information content (AvgIpc) is 3.15. The molecule has 0 spiro atoms. The van der Waals surface area contributed by atoms with Crippen LogP contribution in [0.25, 0.3) is 5.76 Å². The molecule has 0 radical (unpaired) electrons. The molecule has 0 saturated carbocycles. The molecule has 3 aromatic rings. The maximum Gasteiger partial charge on any atom is 0.300 e. The highest BCUT2D eigenvalue weighted by Crippen LogP contribution is 2.45. The van der Waals surface area contributed by atoms with Gasteiger partial charge in [0.25, 0.3) is 11.7 Å². The van der Waals surface area contributed by atoms with E-state index in [9.17, 15) is 14.7 Å². The second-order valence-corrected chi connectivity index (χ2v) is 7.78. The lowest BCUT2D eigenvalue weighted by Gasteiger charge is -2.26. The van der Waals surface area contributed by atoms with Crippen LogP contribution in [0.2, 0.25) is 0 Å². The topological polar surface area (TPSA) is 85.3 Å². The Morgan fingerprint density at radius 1 is 0.886 bits per heavy atom. The van der Waals surface area contributed by atoms with Crippen LogP contribution < -0.4 is 19.1 Å². The van der Waals surface area contributed by atoms with Gasteiger partial charge in [0.05, 0.1) is 43.2 Å². The molecule has 180 valence electrons. The van der Waals surface area contributed by atoms with Gasteiger partial charge in [-0.1, -0.05) is 42.5 Å². The number of aliphatic hydroxyl groups excluding tert-OH is 1. The van der Waals surface area contributed by atoms with Crippen LogP contribution in [-0.4, -0.2) is 37.1 Å². The lowest BCUT2D eigenvalue weighted by Crippen LogP contribution is -2.29. The quantitative estimate of drug-likeness (QED) is 0.278. The highest BCUT2D eigenvalue weighted by atomic mass is 16.5. The largest absolute Gasteiger partial charge is 0.507 e. The molecular formula is C28H27NO6. The van der Waals surface area contributed by atoms with Crippen molar-refractivity contribution in [1.29, 1.82) is 0 Å². The van der Waals surface area contributed by atoms with E-state index in [-0.39, 0.29) is 11.3 Å². The van der Waals surface area contributed by atoms with E-state index in [1.807, 2.05) is 44.2 Å². The number of amides is 1. The van der Waals surface area contributed by atoms with E-state index in [1.54, 1.807) is 42.5 Å². The zero-order valence-corrected chi connectivity index (χ0v) is 19.9. The second kappa shape index (κ2) is 10.3. The fourth-order valence-corrected chi connectivity index (χ4v) is 4.24. The third kappa shape index (κ3) is 4.45. The number of ether oxygens (including phenoxy) is 3. The van der Waals surface area contributed by atoms with Crippen LogP contribution in [0, 0.1) is 0 Å². The zero-order valence-electron chi connectivity index (χ0n) is 19.9. The first-order chi connectivity index (χ1) is 17.0. The molecule has 1 heterocycles. The van der Waals surface area contributed by atoms with Gasteiger partial charge in [-0.05, 0) is 43.7 Å². The minimum atomic E-state index is -0.867. The molecule has 1 aliphatic heterocycles. The number of carbonyl (C=O) groups excluding carboxylic acids is 2. The minimum Gasteiger partial charge on any atom is -0.507 e. The number of para-hydroxylation sites is 2. The minimum absolute atomic E-state index is 0.0304. The Kier molecular flexibility index (Phi) is 7.06. The summed E-state index contributed by atoms with van der Waals surface area (Å²) in [6.45, 7) is 4.50. The van der Waals surface area contributed by atoms with Gasteiger partial charge in [-0.3, -0.25) is 14.5 Å². The fourth-order valence-electron chi connectivity index (χ4n) is 4.24. The van der Waals surface area contributed by atoms with Crippen LogP contribution in [0.15, 0.2) is 78.4 Å². The lowest BCUT2D eigenvalue weighted by molar-refractivity contribution is -0.132. The molecule has 7 nitrogen and oxygen atoms in total. The van der Waals surface area contributed by atoms with E-state index in [2.05, 4.69) is 0 Å². The molecule has 0 aromatic heterocycles. The number of benzene rings is 3. The SMILES string of the molecule is CCOc1ccc(/C(O)=C2/C(=O)C(=O)N(c3ccccc3OC)C2c2ccccc2)c(OCC)c1. The summed E-state index contributed by atoms with van der Waals surface area (Å²) in [5.41, 5.74) is 1.37. The van der Waals surface area contributed by atoms with Crippen molar-refractivity contribution in [2.24, 2.45) is 0 Å². The Labute approximate surface area is 204 Å². The number of carbonyl (C=O) groups is 2. The van der Waals surface area contributed by atoms with Crippen molar-refractivity contribution in [3.05, 3.63) is 89.5 Å². The van der Waals surface area contributed by atoms with E-state index in [0.29, 0.717) is 47.3 Å². The maximum absolute atomic E-state index is 13.4. The number of nitrogens with zero attached hydrogens (tertiary/aromatic N) is 1. The summed E-state index contributed by atoms with van der Waals surface area (Å²) < 4.78 is 16.8. The van der Waals surface area contributed by atoms with Crippen molar-refractivity contribution in [1.82, 2.24) is 0 Å². The van der Waals surface area contributed by atoms with E-state index in [0.717, 1.165) is 0 Å². The number of anilines is 1. The summed E-state index contributed by atoms with van der Waals surface area (Å²) in [6.07, 6.45) is 0. The maximum atomic E-state index is 13.4. The molecule has 1 saturated heterocycles. The van der Waals surface area contributed by atoms with Crippen LogP contribution >= 0.6 is 0 Å².